The molecule has 3 unspecified atom stereocenters. The zero-order chi connectivity index (χ0) is 25.9. The van der Waals surface area contributed by atoms with E-state index in [2.05, 4.69) is 5.32 Å². The number of nitrogens with one attached hydrogen (secondary N) is 1. The third kappa shape index (κ3) is 4.34. The number of sulfone groups is 1. The monoisotopic (exact) mass is 531 g/mol. The van der Waals surface area contributed by atoms with Crippen LogP contribution in [0.2, 0.25) is 5.02 Å². The van der Waals surface area contributed by atoms with Crippen LogP contribution in [0.3, 0.4) is 0 Å². The lowest BCUT2D eigenvalue weighted by atomic mass is 9.70. The number of aliphatic hydroxyl groups is 2. The quantitative estimate of drug-likeness (QED) is 0.498. The van der Waals surface area contributed by atoms with Crippen LogP contribution in [-0.4, -0.2) is 41.5 Å². The number of benzene rings is 2. The van der Waals surface area contributed by atoms with E-state index in [1.165, 1.54) is 19.1 Å². The van der Waals surface area contributed by atoms with Crippen LogP contribution in [0.1, 0.15) is 43.5 Å². The van der Waals surface area contributed by atoms with Crippen LogP contribution in [0.25, 0.3) is 0 Å². The Morgan fingerprint density at radius 1 is 1.14 bits per heavy atom. The second-order valence-corrected chi connectivity index (χ2v) is 12.2. The van der Waals surface area contributed by atoms with Crippen molar-refractivity contribution in [1.29, 1.82) is 0 Å². The minimum Gasteiger partial charge on any atom is -0.390 e. The van der Waals surface area contributed by atoms with Crippen molar-refractivity contribution in [3.8, 4) is 0 Å². The summed E-state index contributed by atoms with van der Waals surface area (Å²) in [7, 11) is -4.04. The molecule has 35 heavy (non-hydrogen) atoms. The molecule has 6 nitrogen and oxygen atoms in total. The summed E-state index contributed by atoms with van der Waals surface area (Å²) in [6.07, 6.45) is -0.171. The molecule has 4 rings (SSSR count). The van der Waals surface area contributed by atoms with Gasteiger partial charge in [0.05, 0.1) is 26.9 Å². The fourth-order valence-electron chi connectivity index (χ4n) is 5.74. The first-order valence-electron chi connectivity index (χ1n) is 11.2. The Balaban J connectivity index is 1.62. The summed E-state index contributed by atoms with van der Waals surface area (Å²) in [5.41, 5.74) is -1.84. The van der Waals surface area contributed by atoms with E-state index in [1.54, 1.807) is 0 Å². The van der Waals surface area contributed by atoms with E-state index in [9.17, 15) is 36.6 Å². The summed E-state index contributed by atoms with van der Waals surface area (Å²) in [6, 6.07) is 4.79. The van der Waals surface area contributed by atoms with Gasteiger partial charge in [0.1, 0.15) is 0 Å². The molecule has 2 aliphatic carbocycles. The predicted octanol–water partition coefficient (Wildman–Crippen LogP) is 4.33. The molecule has 0 aromatic heterocycles. The summed E-state index contributed by atoms with van der Waals surface area (Å²) in [4.78, 5) is 12.4. The Morgan fingerprint density at radius 2 is 1.77 bits per heavy atom. The maximum Gasteiger partial charge on any atom is 0.255 e. The SMILES string of the molecule is CC(O)[C@]1(O)C2C[C@@H](S(=O)(=O)c3cc(C(=O)Nc4cc(F)c(F)c(F)c4)ccc3Cl)CC1[C@@H](C)C2. The largest absolute Gasteiger partial charge is 0.390 e. The number of fused-ring (bicyclic) bond motifs is 2. The fourth-order valence-corrected chi connectivity index (χ4v) is 8.12. The molecular weight excluding hydrogens is 507 g/mol. The second kappa shape index (κ2) is 9.06. The normalized spacial score (nSPS) is 29.1. The first kappa shape index (κ1) is 25.9. The van der Waals surface area contributed by atoms with E-state index in [-0.39, 0.29) is 39.9 Å². The zero-order valence-electron chi connectivity index (χ0n) is 18.9. The van der Waals surface area contributed by atoms with E-state index < -0.39 is 62.0 Å². The molecule has 3 N–H and O–H groups in total. The highest BCUT2D eigenvalue weighted by molar-refractivity contribution is 7.92. The molecule has 0 radical (unpaired) electrons. The van der Waals surface area contributed by atoms with Crippen molar-refractivity contribution < 1.29 is 36.6 Å². The van der Waals surface area contributed by atoms with E-state index in [4.69, 9.17) is 11.6 Å². The van der Waals surface area contributed by atoms with Crippen molar-refractivity contribution in [3.63, 3.8) is 0 Å². The number of anilines is 1. The molecule has 6 atom stereocenters. The molecule has 2 saturated carbocycles. The van der Waals surface area contributed by atoms with Gasteiger partial charge in [0, 0.05) is 23.4 Å². The fraction of sp³-hybridized carbons (Fsp3) is 0.458. The van der Waals surface area contributed by atoms with Crippen LogP contribution >= 0.6 is 11.6 Å². The van der Waals surface area contributed by atoms with Crippen molar-refractivity contribution in [2.45, 2.75) is 55.0 Å². The Morgan fingerprint density at radius 3 is 2.34 bits per heavy atom. The number of hydrogen-bond donors (Lipinski definition) is 3. The molecule has 190 valence electrons. The highest BCUT2D eigenvalue weighted by atomic mass is 35.5. The number of amides is 1. The molecule has 2 aliphatic rings. The van der Waals surface area contributed by atoms with Crippen molar-refractivity contribution in [2.24, 2.45) is 17.8 Å². The molecule has 2 bridgehead atoms. The van der Waals surface area contributed by atoms with Gasteiger partial charge in [0.25, 0.3) is 5.91 Å². The zero-order valence-corrected chi connectivity index (χ0v) is 20.5. The van der Waals surface area contributed by atoms with Gasteiger partial charge in [-0.3, -0.25) is 4.79 Å². The summed E-state index contributed by atoms with van der Waals surface area (Å²) in [6.45, 7) is 3.43. The predicted molar refractivity (Wildman–Crippen MR) is 123 cm³/mol. The number of carbonyl (C=O) groups is 1. The highest BCUT2D eigenvalue weighted by Gasteiger charge is 2.60. The van der Waals surface area contributed by atoms with E-state index in [1.807, 2.05) is 6.92 Å². The van der Waals surface area contributed by atoms with Crippen LogP contribution in [0.5, 0.6) is 0 Å². The lowest BCUT2D eigenvalue weighted by molar-refractivity contribution is -0.138. The molecule has 0 aliphatic heterocycles. The van der Waals surface area contributed by atoms with Gasteiger partial charge in [-0.05, 0) is 62.1 Å². The van der Waals surface area contributed by atoms with Crippen molar-refractivity contribution in [1.82, 2.24) is 0 Å². The van der Waals surface area contributed by atoms with Gasteiger partial charge in [-0.15, -0.1) is 0 Å². The average Bonchev–Trinajstić information content (AvgIpc) is 2.91. The van der Waals surface area contributed by atoms with E-state index >= 15 is 0 Å². The number of halogens is 4. The van der Waals surface area contributed by atoms with Gasteiger partial charge < -0.3 is 15.5 Å². The molecule has 0 spiro atoms. The average molecular weight is 532 g/mol. The van der Waals surface area contributed by atoms with Crippen LogP contribution < -0.4 is 5.32 Å². The lowest BCUT2D eigenvalue weighted by Crippen LogP contribution is -2.55. The summed E-state index contributed by atoms with van der Waals surface area (Å²) in [5, 5.41) is 22.6. The third-order valence-corrected chi connectivity index (χ3v) is 10.2. The Kier molecular flexibility index (Phi) is 6.72. The van der Waals surface area contributed by atoms with Crippen LogP contribution in [0.15, 0.2) is 35.2 Å². The number of aliphatic hydroxyl groups excluding tert-OH is 1. The second-order valence-electron chi connectivity index (χ2n) is 9.57. The maximum absolute atomic E-state index is 13.6. The molecule has 2 fully saturated rings. The molecule has 1 amide bonds. The van der Waals surface area contributed by atoms with Crippen molar-refractivity contribution >= 4 is 33.0 Å². The van der Waals surface area contributed by atoms with Gasteiger partial charge in [-0.1, -0.05) is 18.5 Å². The van der Waals surface area contributed by atoms with Crippen LogP contribution in [-0.2, 0) is 9.84 Å². The highest BCUT2D eigenvalue weighted by Crippen LogP contribution is 2.56. The van der Waals surface area contributed by atoms with E-state index in [0.717, 1.165) is 6.07 Å². The van der Waals surface area contributed by atoms with Crippen LogP contribution in [0, 0.1) is 35.2 Å². The Bertz CT molecular complexity index is 1260. The molecule has 11 heteroatoms. The summed E-state index contributed by atoms with van der Waals surface area (Å²) < 4.78 is 67.3. The third-order valence-electron chi connectivity index (χ3n) is 7.51. The number of hydrogen-bond acceptors (Lipinski definition) is 5. The summed E-state index contributed by atoms with van der Waals surface area (Å²) in [5.74, 6) is -6.34. The maximum atomic E-state index is 13.6. The molecular formula is C24H25ClF3NO5S. The van der Waals surface area contributed by atoms with Crippen molar-refractivity contribution in [3.05, 3.63) is 58.4 Å². The molecule has 2 aromatic rings. The van der Waals surface area contributed by atoms with Gasteiger partial charge in [-0.2, -0.15) is 0 Å². The van der Waals surface area contributed by atoms with Gasteiger partial charge in [0.15, 0.2) is 27.3 Å². The molecule has 2 aromatic carbocycles. The number of carbonyl (C=O) groups excluding carboxylic acids is 1. The van der Waals surface area contributed by atoms with Crippen LogP contribution in [0.4, 0.5) is 18.9 Å². The van der Waals surface area contributed by atoms with Gasteiger partial charge in [-0.25, -0.2) is 21.6 Å². The molecule has 0 saturated heterocycles. The smallest absolute Gasteiger partial charge is 0.255 e. The Hall–Kier alpha value is -2.14. The first-order valence-corrected chi connectivity index (χ1v) is 13.1. The number of rotatable bonds is 5. The molecule has 0 heterocycles. The van der Waals surface area contributed by atoms with Gasteiger partial charge >= 0.3 is 0 Å². The van der Waals surface area contributed by atoms with Gasteiger partial charge in [0.2, 0.25) is 0 Å². The standard InChI is InChI=1S/C24H25ClF3NO5S/c1-11-5-14-7-16(10-17(11)24(14,32)12(2)30)35(33,34)21-6-13(3-4-18(21)25)23(31)29-15-8-19(26)22(28)20(27)9-15/h3-4,6,8-9,11-12,14,16-17,30,32H,5,7,10H2,1-2H3,(H,29,31)/t11-,12?,14?,16+,17?,24-/m0/s1. The minimum absolute atomic E-state index is 0.0175. The minimum atomic E-state index is -4.04. The lowest BCUT2D eigenvalue weighted by Gasteiger charge is -2.45. The summed E-state index contributed by atoms with van der Waals surface area (Å²) >= 11 is 6.21. The topological polar surface area (TPSA) is 104 Å². The Labute approximate surface area is 206 Å². The van der Waals surface area contributed by atoms with E-state index in [0.29, 0.717) is 18.6 Å². The van der Waals surface area contributed by atoms with Crippen molar-refractivity contribution in [2.75, 3.05) is 5.32 Å². The first-order chi connectivity index (χ1) is 16.3.